The van der Waals surface area contributed by atoms with Crippen LogP contribution in [0.3, 0.4) is 0 Å². The average Bonchev–Trinajstić information content (AvgIpc) is 2.32. The van der Waals surface area contributed by atoms with E-state index in [-0.39, 0.29) is 0 Å². The lowest BCUT2D eigenvalue weighted by atomic mass is 9.81. The van der Waals surface area contributed by atoms with Gasteiger partial charge in [-0.2, -0.15) is 0 Å². The molecule has 2 rings (SSSR count). The van der Waals surface area contributed by atoms with Gasteiger partial charge in [0, 0.05) is 18.6 Å². The zero-order valence-electron chi connectivity index (χ0n) is 11.0. The van der Waals surface area contributed by atoms with E-state index in [1.165, 1.54) is 45.1 Å². The van der Waals surface area contributed by atoms with E-state index >= 15 is 0 Å². The van der Waals surface area contributed by atoms with Gasteiger partial charge in [-0.1, -0.05) is 19.8 Å². The Morgan fingerprint density at radius 3 is 2.56 bits per heavy atom. The van der Waals surface area contributed by atoms with Gasteiger partial charge >= 0.3 is 0 Å². The van der Waals surface area contributed by atoms with Crippen LogP contribution in [0, 0.1) is 11.8 Å². The van der Waals surface area contributed by atoms with Gasteiger partial charge in [-0.15, -0.1) is 0 Å². The van der Waals surface area contributed by atoms with E-state index in [0.717, 1.165) is 30.5 Å². The summed E-state index contributed by atoms with van der Waals surface area (Å²) in [5.41, 5.74) is 5.95. The predicted molar refractivity (Wildman–Crippen MR) is 69.4 cm³/mol. The molecule has 2 nitrogen and oxygen atoms in total. The first-order valence-corrected chi connectivity index (χ1v) is 7.18. The van der Waals surface area contributed by atoms with Crippen LogP contribution in [0.2, 0.25) is 0 Å². The Morgan fingerprint density at radius 2 is 1.81 bits per heavy atom. The summed E-state index contributed by atoms with van der Waals surface area (Å²) < 4.78 is 0. The van der Waals surface area contributed by atoms with Crippen LogP contribution in [0.5, 0.6) is 0 Å². The maximum absolute atomic E-state index is 5.95. The molecular weight excluding hydrogens is 196 g/mol. The van der Waals surface area contributed by atoms with Crippen molar-refractivity contribution in [2.24, 2.45) is 17.6 Å². The van der Waals surface area contributed by atoms with Crippen LogP contribution < -0.4 is 5.73 Å². The van der Waals surface area contributed by atoms with E-state index in [1.807, 2.05) is 0 Å². The molecule has 1 aliphatic carbocycles. The Kier molecular flexibility index (Phi) is 4.26. The molecule has 1 saturated heterocycles. The molecule has 0 spiro atoms. The number of likely N-dealkylation sites (tertiary alicyclic amines) is 1. The second kappa shape index (κ2) is 5.50. The molecule has 2 N–H and O–H groups in total. The van der Waals surface area contributed by atoms with Crippen LogP contribution in [-0.4, -0.2) is 30.1 Å². The molecule has 0 radical (unpaired) electrons. The molecule has 1 heterocycles. The molecule has 0 amide bonds. The Labute approximate surface area is 101 Å². The van der Waals surface area contributed by atoms with Crippen LogP contribution in [0.15, 0.2) is 0 Å². The number of piperidine rings is 1. The molecule has 0 aromatic rings. The van der Waals surface area contributed by atoms with Crippen molar-refractivity contribution in [2.75, 3.05) is 13.1 Å². The Bertz CT molecular complexity index is 217. The van der Waals surface area contributed by atoms with Crippen LogP contribution in [0.25, 0.3) is 0 Å². The van der Waals surface area contributed by atoms with Gasteiger partial charge in [-0.3, -0.25) is 4.90 Å². The van der Waals surface area contributed by atoms with Crippen molar-refractivity contribution >= 4 is 0 Å². The highest BCUT2D eigenvalue weighted by Crippen LogP contribution is 2.33. The van der Waals surface area contributed by atoms with Crippen molar-refractivity contribution in [3.63, 3.8) is 0 Å². The number of nitrogens with zero attached hydrogens (tertiary/aromatic N) is 1. The minimum absolute atomic E-state index is 0.765. The van der Waals surface area contributed by atoms with Crippen molar-refractivity contribution in [3.8, 4) is 0 Å². The van der Waals surface area contributed by atoms with E-state index < -0.39 is 0 Å². The molecule has 4 unspecified atom stereocenters. The standard InChI is InChI=1S/C14H28N2/c1-11-7-8-12(2)16(10-11)14-6-4-3-5-13(14)9-15/h11-14H,3-10,15H2,1-2H3. The summed E-state index contributed by atoms with van der Waals surface area (Å²) in [5.74, 6) is 1.65. The van der Waals surface area contributed by atoms with Gasteiger partial charge in [-0.25, -0.2) is 0 Å². The summed E-state index contributed by atoms with van der Waals surface area (Å²) >= 11 is 0. The third kappa shape index (κ3) is 2.60. The largest absolute Gasteiger partial charge is 0.330 e. The lowest BCUT2D eigenvalue weighted by molar-refractivity contribution is 0.0295. The summed E-state index contributed by atoms with van der Waals surface area (Å²) in [7, 11) is 0. The third-order valence-electron chi connectivity index (χ3n) is 4.76. The first-order chi connectivity index (χ1) is 7.72. The van der Waals surface area contributed by atoms with Gasteiger partial charge in [0.05, 0.1) is 0 Å². The summed E-state index contributed by atoms with van der Waals surface area (Å²) in [6.45, 7) is 7.01. The molecule has 94 valence electrons. The van der Waals surface area contributed by atoms with Crippen molar-refractivity contribution in [3.05, 3.63) is 0 Å². The second-order valence-electron chi connectivity index (χ2n) is 6.08. The van der Waals surface area contributed by atoms with E-state index in [2.05, 4.69) is 18.7 Å². The van der Waals surface area contributed by atoms with Crippen LogP contribution in [0.1, 0.15) is 52.4 Å². The molecule has 0 aromatic heterocycles. The summed E-state index contributed by atoms with van der Waals surface area (Å²) in [6.07, 6.45) is 8.36. The number of nitrogens with two attached hydrogens (primary N) is 1. The molecule has 4 atom stereocenters. The molecule has 0 bridgehead atoms. The monoisotopic (exact) mass is 224 g/mol. The zero-order valence-corrected chi connectivity index (χ0v) is 11.0. The fraction of sp³-hybridized carbons (Fsp3) is 1.00. The normalized spacial score (nSPS) is 42.2. The minimum atomic E-state index is 0.765. The van der Waals surface area contributed by atoms with Crippen molar-refractivity contribution in [1.29, 1.82) is 0 Å². The predicted octanol–water partition coefficient (Wildman–Crippen LogP) is 2.62. The molecule has 2 fully saturated rings. The molecule has 2 heteroatoms. The molecule has 16 heavy (non-hydrogen) atoms. The third-order valence-corrected chi connectivity index (χ3v) is 4.76. The summed E-state index contributed by atoms with van der Waals surface area (Å²) in [5, 5.41) is 0. The number of hydrogen-bond donors (Lipinski definition) is 1. The second-order valence-corrected chi connectivity index (χ2v) is 6.08. The Morgan fingerprint density at radius 1 is 1.06 bits per heavy atom. The van der Waals surface area contributed by atoms with Gasteiger partial charge in [0.25, 0.3) is 0 Å². The number of hydrogen-bond acceptors (Lipinski definition) is 2. The highest BCUT2D eigenvalue weighted by Gasteiger charge is 2.34. The molecule has 1 aliphatic heterocycles. The molecule has 0 aromatic carbocycles. The van der Waals surface area contributed by atoms with Gasteiger partial charge in [-0.05, 0) is 51.0 Å². The fourth-order valence-corrected chi connectivity index (χ4v) is 3.68. The highest BCUT2D eigenvalue weighted by atomic mass is 15.2. The van der Waals surface area contributed by atoms with Crippen LogP contribution >= 0.6 is 0 Å². The van der Waals surface area contributed by atoms with E-state index in [0.29, 0.717) is 0 Å². The molecular formula is C14H28N2. The number of rotatable bonds is 2. The highest BCUT2D eigenvalue weighted by molar-refractivity contribution is 4.89. The molecule has 2 aliphatic rings. The Hall–Kier alpha value is -0.0800. The molecule has 1 saturated carbocycles. The van der Waals surface area contributed by atoms with E-state index in [4.69, 9.17) is 5.73 Å². The van der Waals surface area contributed by atoms with Crippen molar-refractivity contribution < 1.29 is 0 Å². The average molecular weight is 224 g/mol. The smallest absolute Gasteiger partial charge is 0.0138 e. The fourth-order valence-electron chi connectivity index (χ4n) is 3.68. The van der Waals surface area contributed by atoms with Gasteiger partial charge in [0.1, 0.15) is 0 Å². The van der Waals surface area contributed by atoms with Gasteiger partial charge in [0.15, 0.2) is 0 Å². The van der Waals surface area contributed by atoms with Crippen molar-refractivity contribution in [1.82, 2.24) is 4.90 Å². The van der Waals surface area contributed by atoms with Crippen molar-refractivity contribution in [2.45, 2.75) is 64.5 Å². The van der Waals surface area contributed by atoms with Gasteiger partial charge in [0.2, 0.25) is 0 Å². The quantitative estimate of drug-likeness (QED) is 0.781. The minimum Gasteiger partial charge on any atom is -0.330 e. The lowest BCUT2D eigenvalue weighted by Crippen LogP contribution is -2.52. The SMILES string of the molecule is CC1CCC(C)N(C2CCCCC2CN)C1. The van der Waals surface area contributed by atoms with E-state index in [9.17, 15) is 0 Å². The van der Waals surface area contributed by atoms with Crippen LogP contribution in [0.4, 0.5) is 0 Å². The zero-order chi connectivity index (χ0) is 11.5. The maximum Gasteiger partial charge on any atom is 0.0138 e. The summed E-state index contributed by atoms with van der Waals surface area (Å²) in [4.78, 5) is 2.78. The topological polar surface area (TPSA) is 29.3 Å². The maximum atomic E-state index is 5.95. The summed E-state index contributed by atoms with van der Waals surface area (Å²) in [6, 6.07) is 1.57. The lowest BCUT2D eigenvalue weighted by Gasteiger charge is -2.46. The Balaban J connectivity index is 2.02. The first-order valence-electron chi connectivity index (χ1n) is 7.18. The van der Waals surface area contributed by atoms with Gasteiger partial charge < -0.3 is 5.73 Å². The van der Waals surface area contributed by atoms with Crippen LogP contribution in [-0.2, 0) is 0 Å². The van der Waals surface area contributed by atoms with E-state index in [1.54, 1.807) is 0 Å². The first kappa shape index (κ1) is 12.4.